The van der Waals surface area contributed by atoms with Gasteiger partial charge < -0.3 is 0 Å². The molecule has 0 fully saturated rings. The molecule has 21 heavy (non-hydrogen) atoms. The summed E-state index contributed by atoms with van der Waals surface area (Å²) in [6.45, 7) is 2.32. The Morgan fingerprint density at radius 2 is 1.62 bits per heavy atom. The third-order valence-corrected chi connectivity index (χ3v) is 4.43. The van der Waals surface area contributed by atoms with Crippen molar-refractivity contribution in [2.75, 3.05) is 6.54 Å². The van der Waals surface area contributed by atoms with E-state index in [4.69, 9.17) is 4.91 Å². The molecule has 0 radical (unpaired) electrons. The molecular formula is C17H19N3O. The van der Waals surface area contributed by atoms with Crippen LogP contribution in [0.3, 0.4) is 0 Å². The third-order valence-electron chi connectivity index (χ3n) is 4.43. The van der Waals surface area contributed by atoms with E-state index in [0.29, 0.717) is 6.04 Å². The number of hydrogen-bond acceptors (Lipinski definition) is 3. The molecule has 2 N–H and O–H groups in total. The highest BCUT2D eigenvalue weighted by atomic mass is 16.3. The Hall–Kier alpha value is -2.20. The van der Waals surface area contributed by atoms with Crippen LogP contribution in [0, 0.1) is 4.91 Å². The second kappa shape index (κ2) is 6.06. The Labute approximate surface area is 124 Å². The number of fused-ring (bicyclic) bond motifs is 4. The number of benzene rings is 2. The summed E-state index contributed by atoms with van der Waals surface area (Å²) in [6, 6.07) is 18.5. The first-order valence-electron chi connectivity index (χ1n) is 7.24. The summed E-state index contributed by atoms with van der Waals surface area (Å²) in [5.74, 6) is 3.92. The van der Waals surface area contributed by atoms with Gasteiger partial charge in [0.1, 0.15) is 0 Å². The lowest BCUT2D eigenvalue weighted by atomic mass is 9.84. The molecule has 0 saturated heterocycles. The molecule has 2 aromatic carbocycles. The van der Waals surface area contributed by atoms with Gasteiger partial charge in [-0.3, -0.25) is 10.7 Å². The molecule has 0 aromatic heterocycles. The number of nitroso groups, excluding NO2 is 1. The lowest BCUT2D eigenvalue weighted by molar-refractivity contribution is 0.161. The van der Waals surface area contributed by atoms with E-state index < -0.39 is 0 Å². The van der Waals surface area contributed by atoms with E-state index in [1.807, 2.05) is 0 Å². The number of hydrogen-bond donors (Lipinski definition) is 1. The second-order valence-electron chi connectivity index (χ2n) is 5.51. The first-order chi connectivity index (χ1) is 10.3. The lowest BCUT2D eigenvalue weighted by Gasteiger charge is -2.41. The van der Waals surface area contributed by atoms with Crippen LogP contribution in [0.15, 0.2) is 53.8 Å². The fourth-order valence-electron chi connectivity index (χ4n) is 3.47. The Balaban J connectivity index is 0.000000409. The zero-order valence-electron chi connectivity index (χ0n) is 11.9. The van der Waals surface area contributed by atoms with Crippen molar-refractivity contribution < 1.29 is 0 Å². The van der Waals surface area contributed by atoms with Gasteiger partial charge in [0.05, 0.1) is 0 Å². The molecule has 2 aromatic rings. The highest BCUT2D eigenvalue weighted by molar-refractivity contribution is 5.38. The molecule has 0 saturated carbocycles. The first-order valence-corrected chi connectivity index (χ1v) is 7.24. The van der Waals surface area contributed by atoms with Crippen LogP contribution < -0.4 is 5.84 Å². The van der Waals surface area contributed by atoms with E-state index >= 15 is 0 Å². The van der Waals surface area contributed by atoms with Gasteiger partial charge in [0.25, 0.3) is 0 Å². The highest BCUT2D eigenvalue weighted by Gasteiger charge is 2.31. The van der Waals surface area contributed by atoms with Crippen molar-refractivity contribution in [3.63, 3.8) is 0 Å². The van der Waals surface area contributed by atoms with E-state index in [1.54, 1.807) is 16.4 Å². The maximum Gasteiger partial charge on any atom is 0.0468 e. The van der Waals surface area contributed by atoms with Crippen LogP contribution >= 0.6 is 0 Å². The van der Waals surface area contributed by atoms with Gasteiger partial charge in [-0.25, -0.2) is 0 Å². The Morgan fingerprint density at radius 1 is 1.00 bits per heavy atom. The van der Waals surface area contributed by atoms with Gasteiger partial charge in [0.2, 0.25) is 0 Å². The first kappa shape index (κ1) is 13.8. The summed E-state index contributed by atoms with van der Waals surface area (Å²) < 4.78 is 0. The minimum atomic E-state index is 0.602. The van der Waals surface area contributed by atoms with Crippen molar-refractivity contribution in [1.82, 2.24) is 4.90 Å². The van der Waals surface area contributed by atoms with Crippen LogP contribution in [0.2, 0.25) is 0 Å². The Kier molecular flexibility index (Phi) is 3.97. The number of nitrogens with two attached hydrogens (primary N) is 1. The van der Waals surface area contributed by atoms with Crippen LogP contribution in [0.5, 0.6) is 0 Å². The summed E-state index contributed by atoms with van der Waals surface area (Å²) >= 11 is 0. The van der Waals surface area contributed by atoms with E-state index in [9.17, 15) is 0 Å². The molecule has 1 unspecified atom stereocenters. The molecule has 2 heterocycles. The van der Waals surface area contributed by atoms with Crippen LogP contribution in [0.1, 0.15) is 28.3 Å². The van der Waals surface area contributed by atoms with Crippen molar-refractivity contribution in [1.29, 1.82) is 0 Å². The average Bonchev–Trinajstić information content (AvgIpc) is 2.54. The van der Waals surface area contributed by atoms with E-state index in [2.05, 4.69) is 59.3 Å². The molecule has 1 atom stereocenters. The fraction of sp³-hybridized carbons (Fsp3) is 0.294. The quantitative estimate of drug-likeness (QED) is 0.459. The van der Waals surface area contributed by atoms with Gasteiger partial charge in [-0.05, 0) is 35.1 Å². The minimum absolute atomic E-state index is 0.602. The zero-order chi connectivity index (χ0) is 14.7. The summed E-state index contributed by atoms with van der Waals surface area (Å²) in [5, 5.41) is 1.75. The summed E-state index contributed by atoms with van der Waals surface area (Å²) in [5.41, 5.74) is 6.17. The molecule has 0 aliphatic carbocycles. The number of rotatable bonds is 0. The van der Waals surface area contributed by atoms with Gasteiger partial charge in [-0.15, -0.1) is 4.91 Å². The van der Waals surface area contributed by atoms with Crippen LogP contribution in [-0.2, 0) is 19.4 Å². The second-order valence-corrected chi connectivity index (χ2v) is 5.51. The Morgan fingerprint density at radius 3 is 2.38 bits per heavy atom. The maximum absolute atomic E-state index is 8.33. The molecule has 4 heteroatoms. The third kappa shape index (κ3) is 2.67. The van der Waals surface area contributed by atoms with Gasteiger partial charge in [-0.2, -0.15) is 0 Å². The monoisotopic (exact) mass is 281 g/mol. The van der Waals surface area contributed by atoms with Gasteiger partial charge in [0, 0.05) is 24.4 Å². The highest BCUT2D eigenvalue weighted by Crippen LogP contribution is 2.37. The van der Waals surface area contributed by atoms with E-state index in [0.717, 1.165) is 6.54 Å². The predicted molar refractivity (Wildman–Crippen MR) is 83.4 cm³/mol. The summed E-state index contributed by atoms with van der Waals surface area (Å²) in [6.07, 6.45) is 2.38. The van der Waals surface area contributed by atoms with Crippen LogP contribution in [-0.4, -0.2) is 11.4 Å². The van der Waals surface area contributed by atoms with Gasteiger partial charge in [0.15, 0.2) is 0 Å². The van der Waals surface area contributed by atoms with Crippen molar-refractivity contribution in [2.24, 2.45) is 11.1 Å². The predicted octanol–water partition coefficient (Wildman–Crippen LogP) is 2.97. The lowest BCUT2D eigenvalue weighted by Crippen LogP contribution is -2.39. The van der Waals surface area contributed by atoms with Crippen molar-refractivity contribution in [3.8, 4) is 0 Å². The SMILES string of the molecule is NN=O.c1ccc2c(c1)CC1c3ccccc3CCN1C2. The van der Waals surface area contributed by atoms with Crippen molar-refractivity contribution >= 4 is 0 Å². The van der Waals surface area contributed by atoms with Gasteiger partial charge in [-0.1, -0.05) is 48.5 Å². The molecule has 4 nitrogen and oxygen atoms in total. The van der Waals surface area contributed by atoms with E-state index in [1.165, 1.54) is 30.5 Å². The smallest absolute Gasteiger partial charge is 0.0468 e. The molecule has 4 rings (SSSR count). The average molecular weight is 281 g/mol. The van der Waals surface area contributed by atoms with Crippen LogP contribution in [0.4, 0.5) is 0 Å². The molecule has 2 aliphatic rings. The zero-order valence-corrected chi connectivity index (χ0v) is 11.9. The summed E-state index contributed by atoms with van der Waals surface area (Å²) in [4.78, 5) is 11.0. The molecule has 2 aliphatic heterocycles. The number of nitrogens with zero attached hydrogens (tertiary/aromatic N) is 2. The normalized spacial score (nSPS) is 19.3. The minimum Gasteiger partial charge on any atom is -0.291 e. The topological polar surface area (TPSA) is 58.7 Å². The van der Waals surface area contributed by atoms with Crippen molar-refractivity contribution in [2.45, 2.75) is 25.4 Å². The Bertz CT molecular complexity index is 641. The fourth-order valence-corrected chi connectivity index (χ4v) is 3.47. The molecule has 108 valence electrons. The molecular weight excluding hydrogens is 262 g/mol. The maximum atomic E-state index is 8.33. The van der Waals surface area contributed by atoms with Crippen LogP contribution in [0.25, 0.3) is 0 Å². The largest absolute Gasteiger partial charge is 0.291 e. The van der Waals surface area contributed by atoms with Crippen molar-refractivity contribution in [3.05, 3.63) is 75.7 Å². The summed E-state index contributed by atoms with van der Waals surface area (Å²) in [7, 11) is 0. The molecule has 0 amide bonds. The van der Waals surface area contributed by atoms with Gasteiger partial charge >= 0.3 is 0 Å². The standard InChI is InChI=1S/C17H17N.H2N2O/c1-2-7-15-12-18-10-9-13-5-3-4-8-16(13)17(18)11-14(15)6-1;1-2-3/h1-8,17H,9-12H2;(H2,1,3). The van der Waals surface area contributed by atoms with E-state index in [-0.39, 0.29) is 0 Å². The molecule has 0 spiro atoms. The molecule has 0 bridgehead atoms.